The Kier molecular flexibility index (Phi) is 4.59. The smallest absolute Gasteiger partial charge is 0.325 e. The normalized spacial score (nSPS) is 19.8. The summed E-state index contributed by atoms with van der Waals surface area (Å²) >= 11 is 1.45. The van der Waals surface area contributed by atoms with Gasteiger partial charge in [-0.3, -0.25) is 14.5 Å². The minimum atomic E-state index is -1.12. The van der Waals surface area contributed by atoms with Crippen molar-refractivity contribution in [1.29, 1.82) is 0 Å². The molecule has 4 amide bonds. The number of carbonyl (C=O) groups excluding carboxylic acids is 3. The van der Waals surface area contributed by atoms with E-state index < -0.39 is 17.5 Å². The summed E-state index contributed by atoms with van der Waals surface area (Å²) in [6, 6.07) is 10.8. The summed E-state index contributed by atoms with van der Waals surface area (Å²) in [6.45, 7) is 1.81. The Labute approximate surface area is 150 Å². The highest BCUT2D eigenvalue weighted by molar-refractivity contribution is 7.08. The van der Waals surface area contributed by atoms with Gasteiger partial charge in [0.05, 0.1) is 0 Å². The molecule has 130 valence electrons. The summed E-state index contributed by atoms with van der Waals surface area (Å²) in [5.41, 5.74) is 0.595. The molecule has 0 aliphatic carbocycles. The van der Waals surface area contributed by atoms with Gasteiger partial charge in [0.2, 0.25) is 5.91 Å². The molecule has 3 rings (SSSR count). The highest BCUT2D eigenvalue weighted by Gasteiger charge is 2.49. The van der Waals surface area contributed by atoms with Gasteiger partial charge in [0.15, 0.2) is 0 Å². The third kappa shape index (κ3) is 3.28. The molecule has 1 saturated heterocycles. The van der Waals surface area contributed by atoms with E-state index in [1.165, 1.54) is 16.2 Å². The number of thiophene rings is 1. The number of imide groups is 1. The van der Waals surface area contributed by atoms with Gasteiger partial charge in [0.25, 0.3) is 5.91 Å². The molecule has 1 aliphatic heterocycles. The molecule has 2 aromatic rings. The second-order valence-corrected chi connectivity index (χ2v) is 6.97. The number of amides is 4. The maximum Gasteiger partial charge on any atom is 0.325 e. The summed E-state index contributed by atoms with van der Waals surface area (Å²) in [5.74, 6) is -0.695. The standard InChI is InChI=1S/C18H19N3O3S/c1-18(14-8-9-25-12-14)16(23)21(17(24)19-18)11-15(22)20(2)10-13-6-4-3-5-7-13/h3-9,12H,10-11H2,1-2H3,(H,19,24)/t18-/m1/s1. The van der Waals surface area contributed by atoms with Gasteiger partial charge in [-0.05, 0) is 34.9 Å². The number of rotatable bonds is 5. The molecule has 2 heterocycles. The van der Waals surface area contributed by atoms with Gasteiger partial charge in [-0.2, -0.15) is 11.3 Å². The molecule has 1 atom stereocenters. The molecule has 1 fully saturated rings. The lowest BCUT2D eigenvalue weighted by Crippen LogP contribution is -2.43. The van der Waals surface area contributed by atoms with Crippen LogP contribution in [0.4, 0.5) is 4.79 Å². The molecule has 6 nitrogen and oxygen atoms in total. The summed E-state index contributed by atoms with van der Waals surface area (Å²) in [5, 5.41) is 6.37. The first-order valence-electron chi connectivity index (χ1n) is 7.86. The number of nitrogens with zero attached hydrogens (tertiary/aromatic N) is 2. The quantitative estimate of drug-likeness (QED) is 0.834. The zero-order valence-corrected chi connectivity index (χ0v) is 14.9. The predicted molar refractivity (Wildman–Crippen MR) is 94.8 cm³/mol. The molecule has 7 heteroatoms. The molecule has 1 N–H and O–H groups in total. The van der Waals surface area contributed by atoms with Gasteiger partial charge in [0.1, 0.15) is 12.1 Å². The van der Waals surface area contributed by atoms with Crippen molar-refractivity contribution < 1.29 is 14.4 Å². The maximum absolute atomic E-state index is 12.7. The van der Waals surface area contributed by atoms with Crippen LogP contribution in [0.15, 0.2) is 47.2 Å². The van der Waals surface area contributed by atoms with Gasteiger partial charge < -0.3 is 10.2 Å². The van der Waals surface area contributed by atoms with Crippen molar-refractivity contribution in [1.82, 2.24) is 15.1 Å². The van der Waals surface area contributed by atoms with Crippen LogP contribution in [-0.4, -0.2) is 41.2 Å². The second kappa shape index (κ2) is 6.68. The summed E-state index contributed by atoms with van der Waals surface area (Å²) in [6.07, 6.45) is 0. The van der Waals surface area contributed by atoms with E-state index in [1.807, 2.05) is 41.1 Å². The molecule has 0 radical (unpaired) electrons. The lowest BCUT2D eigenvalue weighted by Gasteiger charge is -2.22. The molecule has 0 spiro atoms. The SMILES string of the molecule is CN(Cc1ccccc1)C(=O)CN1C(=O)N[C@](C)(c2ccsc2)C1=O. The molecule has 0 saturated carbocycles. The number of likely N-dealkylation sites (N-methyl/N-ethyl adjacent to an activating group) is 1. The third-order valence-corrected chi connectivity index (χ3v) is 5.04. The molecule has 1 aromatic carbocycles. The first-order valence-corrected chi connectivity index (χ1v) is 8.81. The zero-order chi connectivity index (χ0) is 18.0. The van der Waals surface area contributed by atoms with Crippen LogP contribution in [0.5, 0.6) is 0 Å². The summed E-state index contributed by atoms with van der Waals surface area (Å²) in [4.78, 5) is 39.9. The van der Waals surface area contributed by atoms with Crippen LogP contribution in [-0.2, 0) is 21.7 Å². The predicted octanol–water partition coefficient (Wildman–Crippen LogP) is 2.17. The minimum absolute atomic E-state index is 0.270. The number of nitrogens with one attached hydrogen (secondary N) is 1. The summed E-state index contributed by atoms with van der Waals surface area (Å²) < 4.78 is 0. The van der Waals surface area contributed by atoms with Crippen LogP contribution in [0.25, 0.3) is 0 Å². The molecule has 0 unspecified atom stereocenters. The van der Waals surface area contributed by atoms with Gasteiger partial charge in [-0.1, -0.05) is 30.3 Å². The highest BCUT2D eigenvalue weighted by Crippen LogP contribution is 2.30. The highest BCUT2D eigenvalue weighted by atomic mass is 32.1. The van der Waals surface area contributed by atoms with Crippen LogP contribution in [0.1, 0.15) is 18.1 Å². The van der Waals surface area contributed by atoms with Gasteiger partial charge >= 0.3 is 6.03 Å². The van der Waals surface area contributed by atoms with E-state index in [-0.39, 0.29) is 12.5 Å². The average Bonchev–Trinajstić information content (AvgIpc) is 3.20. The maximum atomic E-state index is 12.7. The first kappa shape index (κ1) is 17.2. The van der Waals surface area contributed by atoms with E-state index >= 15 is 0 Å². The van der Waals surface area contributed by atoms with Crippen molar-refractivity contribution in [2.45, 2.75) is 19.0 Å². The van der Waals surface area contributed by atoms with Gasteiger partial charge in [0, 0.05) is 13.6 Å². The third-order valence-electron chi connectivity index (χ3n) is 4.36. The van der Waals surface area contributed by atoms with E-state index in [0.29, 0.717) is 6.54 Å². The Bertz CT molecular complexity index is 791. The van der Waals surface area contributed by atoms with Crippen molar-refractivity contribution in [2.24, 2.45) is 0 Å². The number of urea groups is 1. The number of carbonyl (C=O) groups is 3. The lowest BCUT2D eigenvalue weighted by molar-refractivity contribution is -0.138. The second-order valence-electron chi connectivity index (χ2n) is 6.19. The summed E-state index contributed by atoms with van der Waals surface area (Å²) in [7, 11) is 1.66. The van der Waals surface area contributed by atoms with E-state index in [1.54, 1.807) is 20.0 Å². The Balaban J connectivity index is 1.69. The van der Waals surface area contributed by atoms with Crippen molar-refractivity contribution in [2.75, 3.05) is 13.6 Å². The Morgan fingerprint density at radius 2 is 1.96 bits per heavy atom. The number of hydrogen-bond donors (Lipinski definition) is 1. The van der Waals surface area contributed by atoms with Gasteiger partial charge in [-0.15, -0.1) is 0 Å². The fourth-order valence-corrected chi connectivity index (χ4v) is 3.55. The van der Waals surface area contributed by atoms with Crippen molar-refractivity contribution in [3.05, 3.63) is 58.3 Å². The Morgan fingerprint density at radius 3 is 2.60 bits per heavy atom. The first-order chi connectivity index (χ1) is 11.9. The molecular weight excluding hydrogens is 338 g/mol. The zero-order valence-electron chi connectivity index (χ0n) is 14.1. The van der Waals surface area contributed by atoms with Gasteiger partial charge in [-0.25, -0.2) is 4.79 Å². The molecule has 0 bridgehead atoms. The largest absolute Gasteiger partial charge is 0.340 e. The average molecular weight is 357 g/mol. The van der Waals surface area contributed by atoms with E-state index in [9.17, 15) is 14.4 Å². The van der Waals surface area contributed by atoms with Crippen LogP contribution < -0.4 is 5.32 Å². The van der Waals surface area contributed by atoms with Crippen molar-refractivity contribution in [3.63, 3.8) is 0 Å². The van der Waals surface area contributed by atoms with Crippen LogP contribution in [0.3, 0.4) is 0 Å². The van der Waals surface area contributed by atoms with Crippen LogP contribution in [0, 0.1) is 0 Å². The van der Waals surface area contributed by atoms with E-state index in [2.05, 4.69) is 5.32 Å². The monoisotopic (exact) mass is 357 g/mol. The molecule has 1 aromatic heterocycles. The minimum Gasteiger partial charge on any atom is -0.340 e. The van der Waals surface area contributed by atoms with Crippen LogP contribution >= 0.6 is 11.3 Å². The van der Waals surface area contributed by atoms with Crippen molar-refractivity contribution >= 4 is 29.2 Å². The Hall–Kier alpha value is -2.67. The van der Waals surface area contributed by atoms with Crippen molar-refractivity contribution in [3.8, 4) is 0 Å². The number of hydrogen-bond acceptors (Lipinski definition) is 4. The van der Waals surface area contributed by atoms with E-state index in [0.717, 1.165) is 16.0 Å². The molecule has 1 aliphatic rings. The molecular formula is C18H19N3O3S. The topological polar surface area (TPSA) is 69.7 Å². The fraction of sp³-hybridized carbons (Fsp3) is 0.278. The van der Waals surface area contributed by atoms with E-state index in [4.69, 9.17) is 0 Å². The molecule has 25 heavy (non-hydrogen) atoms. The van der Waals surface area contributed by atoms with Crippen LogP contribution in [0.2, 0.25) is 0 Å². The fourth-order valence-electron chi connectivity index (χ4n) is 2.79. The lowest BCUT2D eigenvalue weighted by atomic mass is 9.95. The number of benzene rings is 1. The Morgan fingerprint density at radius 1 is 1.24 bits per heavy atom.